The van der Waals surface area contributed by atoms with Gasteiger partial charge in [-0.2, -0.15) is 17.0 Å². The second-order valence-corrected chi connectivity index (χ2v) is 6.82. The zero-order valence-corrected chi connectivity index (χ0v) is 14.5. The van der Waals surface area contributed by atoms with Gasteiger partial charge in [-0.1, -0.05) is 13.3 Å². The highest BCUT2D eigenvalue weighted by atomic mass is 32.2. The number of rotatable bonds is 7. The molecule has 1 aromatic rings. The SMILES string of the molecule is CCCCSCCC(=O)N1CCN(c2cc(C#N)ccn2)CC1. The molecule has 23 heavy (non-hydrogen) atoms. The Morgan fingerprint density at radius 2 is 2.13 bits per heavy atom. The molecule has 2 rings (SSSR count). The summed E-state index contributed by atoms with van der Waals surface area (Å²) in [5.41, 5.74) is 0.623. The summed E-state index contributed by atoms with van der Waals surface area (Å²) in [5, 5.41) is 8.96. The summed E-state index contributed by atoms with van der Waals surface area (Å²) in [6.45, 7) is 5.20. The van der Waals surface area contributed by atoms with E-state index in [1.807, 2.05) is 22.7 Å². The van der Waals surface area contributed by atoms with E-state index >= 15 is 0 Å². The van der Waals surface area contributed by atoms with E-state index in [1.54, 1.807) is 12.3 Å². The van der Waals surface area contributed by atoms with Gasteiger partial charge in [0.2, 0.25) is 5.91 Å². The van der Waals surface area contributed by atoms with Gasteiger partial charge < -0.3 is 9.80 Å². The summed E-state index contributed by atoms with van der Waals surface area (Å²) in [6.07, 6.45) is 4.74. The molecule has 1 fully saturated rings. The number of thioether (sulfide) groups is 1. The Morgan fingerprint density at radius 3 is 2.83 bits per heavy atom. The Labute approximate surface area is 142 Å². The third kappa shape index (κ3) is 5.43. The van der Waals surface area contributed by atoms with Crippen molar-refractivity contribution >= 4 is 23.5 Å². The van der Waals surface area contributed by atoms with Gasteiger partial charge in [0, 0.05) is 44.5 Å². The summed E-state index contributed by atoms with van der Waals surface area (Å²) in [7, 11) is 0. The van der Waals surface area contributed by atoms with Crippen LogP contribution in [0.5, 0.6) is 0 Å². The quantitative estimate of drug-likeness (QED) is 0.718. The fraction of sp³-hybridized carbons (Fsp3) is 0.588. The van der Waals surface area contributed by atoms with Crippen molar-refractivity contribution in [1.29, 1.82) is 5.26 Å². The van der Waals surface area contributed by atoms with Gasteiger partial charge in [0.25, 0.3) is 0 Å². The second-order valence-electron chi connectivity index (χ2n) is 5.60. The van der Waals surface area contributed by atoms with Crippen molar-refractivity contribution in [2.75, 3.05) is 42.6 Å². The monoisotopic (exact) mass is 332 g/mol. The first-order chi connectivity index (χ1) is 11.2. The number of anilines is 1. The number of unbranched alkanes of at least 4 members (excludes halogenated alkanes) is 1. The molecule has 1 saturated heterocycles. The minimum absolute atomic E-state index is 0.257. The molecule has 0 aliphatic carbocycles. The molecular weight excluding hydrogens is 308 g/mol. The molecule has 0 saturated carbocycles. The fourth-order valence-corrected chi connectivity index (χ4v) is 3.53. The average Bonchev–Trinajstić information content (AvgIpc) is 2.61. The lowest BCUT2D eigenvalue weighted by Crippen LogP contribution is -2.49. The Balaban J connectivity index is 1.75. The van der Waals surface area contributed by atoms with Crippen molar-refractivity contribution in [3.05, 3.63) is 23.9 Å². The first-order valence-corrected chi connectivity index (χ1v) is 9.36. The summed E-state index contributed by atoms with van der Waals surface area (Å²) in [6, 6.07) is 5.65. The van der Waals surface area contributed by atoms with Crippen LogP contribution in [0.3, 0.4) is 0 Å². The molecule has 0 radical (unpaired) electrons. The first-order valence-electron chi connectivity index (χ1n) is 8.21. The Kier molecular flexibility index (Phi) is 7.21. The molecule has 5 nitrogen and oxygen atoms in total. The van der Waals surface area contributed by atoms with Crippen molar-refractivity contribution in [2.24, 2.45) is 0 Å². The molecule has 1 aliphatic heterocycles. The highest BCUT2D eigenvalue weighted by Crippen LogP contribution is 2.16. The molecule has 1 aliphatic rings. The zero-order valence-electron chi connectivity index (χ0n) is 13.7. The Morgan fingerprint density at radius 1 is 1.35 bits per heavy atom. The number of carbonyl (C=O) groups excluding carboxylic acids is 1. The van der Waals surface area contributed by atoms with E-state index < -0.39 is 0 Å². The Hall–Kier alpha value is -1.74. The van der Waals surface area contributed by atoms with Gasteiger partial charge in [-0.3, -0.25) is 4.79 Å². The van der Waals surface area contributed by atoms with Gasteiger partial charge in [0.05, 0.1) is 11.6 Å². The summed E-state index contributed by atoms with van der Waals surface area (Å²) < 4.78 is 0. The summed E-state index contributed by atoms with van der Waals surface area (Å²) >= 11 is 1.87. The summed E-state index contributed by atoms with van der Waals surface area (Å²) in [5.74, 6) is 3.15. The second kappa shape index (κ2) is 9.41. The molecule has 0 N–H and O–H groups in total. The number of pyridine rings is 1. The molecule has 1 aromatic heterocycles. The van der Waals surface area contributed by atoms with Gasteiger partial charge in [-0.05, 0) is 24.3 Å². The van der Waals surface area contributed by atoms with Gasteiger partial charge in [-0.25, -0.2) is 4.98 Å². The van der Waals surface area contributed by atoms with E-state index in [0.717, 1.165) is 43.5 Å². The first kappa shape index (κ1) is 17.6. The van der Waals surface area contributed by atoms with Crippen molar-refractivity contribution in [3.8, 4) is 6.07 Å². The summed E-state index contributed by atoms with van der Waals surface area (Å²) in [4.78, 5) is 20.6. The topological polar surface area (TPSA) is 60.2 Å². The third-order valence-corrected chi connectivity index (χ3v) is 5.00. The smallest absolute Gasteiger partial charge is 0.223 e. The molecule has 124 valence electrons. The van der Waals surface area contributed by atoms with Crippen LogP contribution in [0.4, 0.5) is 5.82 Å². The van der Waals surface area contributed by atoms with Crippen molar-refractivity contribution < 1.29 is 4.79 Å². The lowest BCUT2D eigenvalue weighted by Gasteiger charge is -2.35. The van der Waals surface area contributed by atoms with Gasteiger partial charge in [0.1, 0.15) is 5.82 Å². The number of aromatic nitrogens is 1. The van der Waals surface area contributed by atoms with Crippen LogP contribution in [0.25, 0.3) is 0 Å². The van der Waals surface area contributed by atoms with Crippen molar-refractivity contribution in [2.45, 2.75) is 26.2 Å². The third-order valence-electron chi connectivity index (χ3n) is 3.93. The molecule has 0 spiro atoms. The molecule has 2 heterocycles. The molecule has 1 amide bonds. The van der Waals surface area contributed by atoms with E-state index in [1.165, 1.54) is 12.8 Å². The van der Waals surface area contributed by atoms with Crippen LogP contribution in [0.15, 0.2) is 18.3 Å². The standard InChI is InChI=1S/C17H24N4OS/c1-2-3-11-23-12-5-17(22)21-9-7-20(8-10-21)16-13-15(14-18)4-6-19-16/h4,6,13H,2-3,5,7-12H2,1H3. The number of carbonyl (C=O) groups is 1. The lowest BCUT2D eigenvalue weighted by molar-refractivity contribution is -0.131. The number of amides is 1. The predicted octanol–water partition coefficient (Wildman–Crippen LogP) is 2.53. The number of hydrogen-bond donors (Lipinski definition) is 0. The maximum absolute atomic E-state index is 12.2. The van der Waals surface area contributed by atoms with E-state index in [4.69, 9.17) is 5.26 Å². The Bertz CT molecular complexity index is 550. The molecule has 6 heteroatoms. The molecule has 0 unspecified atom stereocenters. The maximum atomic E-state index is 12.2. The van der Waals surface area contributed by atoms with Crippen LogP contribution < -0.4 is 4.90 Å². The van der Waals surface area contributed by atoms with Crippen LogP contribution in [0, 0.1) is 11.3 Å². The minimum Gasteiger partial charge on any atom is -0.353 e. The van der Waals surface area contributed by atoms with E-state index in [-0.39, 0.29) is 5.91 Å². The van der Waals surface area contributed by atoms with E-state index in [9.17, 15) is 4.79 Å². The number of nitriles is 1. The highest BCUT2D eigenvalue weighted by Gasteiger charge is 2.21. The van der Waals surface area contributed by atoms with Crippen LogP contribution in [-0.4, -0.2) is 53.5 Å². The van der Waals surface area contributed by atoms with E-state index in [0.29, 0.717) is 12.0 Å². The molecular formula is C17H24N4OS. The van der Waals surface area contributed by atoms with Crippen LogP contribution in [-0.2, 0) is 4.79 Å². The normalized spacial score (nSPS) is 14.6. The largest absolute Gasteiger partial charge is 0.353 e. The predicted molar refractivity (Wildman–Crippen MR) is 94.6 cm³/mol. The molecule has 0 atom stereocenters. The fourth-order valence-electron chi connectivity index (χ4n) is 2.51. The number of hydrogen-bond acceptors (Lipinski definition) is 5. The number of nitrogens with zero attached hydrogens (tertiary/aromatic N) is 4. The lowest BCUT2D eigenvalue weighted by atomic mass is 10.2. The molecule has 0 aromatic carbocycles. The molecule has 0 bridgehead atoms. The van der Waals surface area contributed by atoms with Gasteiger partial charge >= 0.3 is 0 Å². The maximum Gasteiger partial charge on any atom is 0.223 e. The van der Waals surface area contributed by atoms with Gasteiger partial charge in [0.15, 0.2) is 0 Å². The van der Waals surface area contributed by atoms with Crippen LogP contribution in [0.1, 0.15) is 31.7 Å². The van der Waals surface area contributed by atoms with E-state index in [2.05, 4.69) is 22.9 Å². The number of piperazine rings is 1. The van der Waals surface area contributed by atoms with Crippen molar-refractivity contribution in [3.63, 3.8) is 0 Å². The highest BCUT2D eigenvalue weighted by molar-refractivity contribution is 7.99. The van der Waals surface area contributed by atoms with Crippen molar-refractivity contribution in [1.82, 2.24) is 9.88 Å². The van der Waals surface area contributed by atoms with Crippen LogP contribution in [0.2, 0.25) is 0 Å². The minimum atomic E-state index is 0.257. The van der Waals surface area contributed by atoms with Gasteiger partial charge in [-0.15, -0.1) is 0 Å². The zero-order chi connectivity index (χ0) is 16.5. The van der Waals surface area contributed by atoms with Crippen LogP contribution >= 0.6 is 11.8 Å². The average molecular weight is 332 g/mol.